The molecule has 3 rings (SSSR count). The summed E-state index contributed by atoms with van der Waals surface area (Å²) in [5.41, 5.74) is 1.59. The summed E-state index contributed by atoms with van der Waals surface area (Å²) in [5.74, 6) is 1.08. The lowest BCUT2D eigenvalue weighted by Crippen LogP contribution is -2.25. The molecule has 2 aromatic rings. The van der Waals surface area contributed by atoms with Crippen LogP contribution in [-0.2, 0) is 16.6 Å². The molecule has 1 aliphatic heterocycles. The van der Waals surface area contributed by atoms with Gasteiger partial charge >= 0.3 is 0 Å². The number of aryl methyl sites for hydroxylation is 1. The van der Waals surface area contributed by atoms with E-state index in [4.69, 9.17) is 4.52 Å². The van der Waals surface area contributed by atoms with Crippen LogP contribution in [0.4, 0.5) is 0 Å². The minimum absolute atomic E-state index is 0.0189. The van der Waals surface area contributed by atoms with Crippen molar-refractivity contribution in [2.75, 3.05) is 6.54 Å². The van der Waals surface area contributed by atoms with E-state index in [9.17, 15) is 4.79 Å². The highest BCUT2D eigenvalue weighted by Gasteiger charge is 2.40. The fraction of sp³-hybridized carbons (Fsp3) is 0.429. The Kier molecular flexibility index (Phi) is 3.00. The van der Waals surface area contributed by atoms with Crippen LogP contribution in [0.2, 0.25) is 0 Å². The van der Waals surface area contributed by atoms with Gasteiger partial charge < -0.3 is 9.84 Å². The van der Waals surface area contributed by atoms with Gasteiger partial charge in [0.15, 0.2) is 0 Å². The van der Waals surface area contributed by atoms with Crippen molar-refractivity contribution >= 4 is 5.91 Å². The number of hydrogen-bond acceptors (Lipinski definition) is 5. The number of aromatic nitrogens is 3. The average Bonchev–Trinajstić information content (AvgIpc) is 3.07. The Balaban J connectivity index is 1.96. The van der Waals surface area contributed by atoms with E-state index in [1.165, 1.54) is 0 Å². The molecule has 1 atom stereocenters. The van der Waals surface area contributed by atoms with Crippen LogP contribution < -0.4 is 5.32 Å². The zero-order valence-corrected chi connectivity index (χ0v) is 11.5. The van der Waals surface area contributed by atoms with E-state index in [-0.39, 0.29) is 5.91 Å². The average molecular weight is 272 g/mol. The molecule has 1 aliphatic rings. The van der Waals surface area contributed by atoms with Gasteiger partial charge in [0.1, 0.15) is 0 Å². The van der Waals surface area contributed by atoms with E-state index in [1.54, 1.807) is 6.20 Å². The lowest BCUT2D eigenvalue weighted by atomic mass is 9.89. The first-order valence-electron chi connectivity index (χ1n) is 6.66. The lowest BCUT2D eigenvalue weighted by Gasteiger charge is -2.14. The number of carbonyl (C=O) groups excluding carboxylic acids is 1. The normalized spacial score (nSPS) is 22.0. The van der Waals surface area contributed by atoms with Crippen molar-refractivity contribution in [1.82, 2.24) is 20.4 Å². The molecule has 0 saturated carbocycles. The van der Waals surface area contributed by atoms with Gasteiger partial charge in [0.25, 0.3) is 0 Å². The van der Waals surface area contributed by atoms with Crippen LogP contribution in [-0.4, -0.2) is 27.6 Å². The smallest absolute Gasteiger partial charge is 0.235 e. The predicted octanol–water partition coefficient (Wildman–Crippen LogP) is 1.47. The van der Waals surface area contributed by atoms with Gasteiger partial charge in [-0.15, -0.1) is 0 Å². The van der Waals surface area contributed by atoms with Crippen LogP contribution in [0.25, 0.3) is 11.4 Å². The molecule has 1 saturated heterocycles. The summed E-state index contributed by atoms with van der Waals surface area (Å²) in [5, 5.41) is 6.86. The molecule has 6 heteroatoms. The van der Waals surface area contributed by atoms with Crippen molar-refractivity contribution in [3.63, 3.8) is 0 Å². The molecule has 0 radical (unpaired) electrons. The maximum Gasteiger partial charge on any atom is 0.235 e. The van der Waals surface area contributed by atoms with Gasteiger partial charge in [-0.05, 0) is 25.0 Å². The number of nitrogens with zero attached hydrogens (tertiary/aromatic N) is 3. The minimum Gasteiger partial charge on any atom is -0.355 e. The Morgan fingerprint density at radius 3 is 3.05 bits per heavy atom. The van der Waals surface area contributed by atoms with E-state index in [2.05, 4.69) is 27.4 Å². The van der Waals surface area contributed by atoms with Crippen molar-refractivity contribution in [3.8, 4) is 11.4 Å². The first kappa shape index (κ1) is 12.8. The molecular weight excluding hydrogens is 256 g/mol. The molecule has 2 aromatic heterocycles. The summed E-state index contributed by atoms with van der Waals surface area (Å²) in [7, 11) is 0. The zero-order valence-electron chi connectivity index (χ0n) is 11.5. The second kappa shape index (κ2) is 4.70. The Bertz CT molecular complexity index is 652. The third kappa shape index (κ3) is 2.07. The first-order valence-corrected chi connectivity index (χ1v) is 6.66. The van der Waals surface area contributed by atoms with Crippen LogP contribution in [0.1, 0.15) is 31.7 Å². The van der Waals surface area contributed by atoms with E-state index >= 15 is 0 Å². The largest absolute Gasteiger partial charge is 0.355 e. The Labute approximate surface area is 116 Å². The predicted molar refractivity (Wildman–Crippen MR) is 71.9 cm³/mol. The zero-order chi connectivity index (χ0) is 14.2. The molecule has 0 aliphatic carbocycles. The molecule has 104 valence electrons. The molecule has 0 aromatic carbocycles. The molecular formula is C14H16N4O2. The Morgan fingerprint density at radius 2 is 2.35 bits per heavy atom. The topological polar surface area (TPSA) is 80.9 Å². The quantitative estimate of drug-likeness (QED) is 0.915. The number of rotatable bonds is 3. The van der Waals surface area contributed by atoms with Gasteiger partial charge in [0, 0.05) is 30.9 Å². The lowest BCUT2D eigenvalue weighted by molar-refractivity contribution is -0.119. The number of hydrogen-bond donors (Lipinski definition) is 1. The number of amides is 1. The van der Waals surface area contributed by atoms with Crippen LogP contribution in [0.15, 0.2) is 23.0 Å². The van der Waals surface area contributed by atoms with Gasteiger partial charge in [-0.3, -0.25) is 9.78 Å². The van der Waals surface area contributed by atoms with E-state index in [0.717, 1.165) is 17.5 Å². The van der Waals surface area contributed by atoms with Crippen molar-refractivity contribution in [2.24, 2.45) is 0 Å². The third-order valence-corrected chi connectivity index (χ3v) is 3.69. The van der Waals surface area contributed by atoms with E-state index < -0.39 is 5.41 Å². The highest BCUT2D eigenvalue weighted by molar-refractivity contribution is 5.80. The van der Waals surface area contributed by atoms with Crippen molar-refractivity contribution in [3.05, 3.63) is 29.9 Å². The summed E-state index contributed by atoms with van der Waals surface area (Å²) in [6.07, 6.45) is 4.76. The molecule has 0 bridgehead atoms. The summed E-state index contributed by atoms with van der Waals surface area (Å²) in [6.45, 7) is 4.54. The first-order chi connectivity index (χ1) is 9.62. The third-order valence-electron chi connectivity index (χ3n) is 3.69. The second-order valence-corrected chi connectivity index (χ2v) is 5.32. The van der Waals surface area contributed by atoms with Crippen molar-refractivity contribution in [1.29, 1.82) is 0 Å². The van der Waals surface area contributed by atoms with Crippen molar-refractivity contribution in [2.45, 2.75) is 32.1 Å². The summed E-state index contributed by atoms with van der Waals surface area (Å²) in [6, 6.07) is 1.88. The fourth-order valence-corrected chi connectivity index (χ4v) is 2.43. The molecule has 3 heterocycles. The number of carbonyl (C=O) groups is 1. The van der Waals surface area contributed by atoms with Crippen LogP contribution in [0.3, 0.4) is 0 Å². The Hall–Kier alpha value is -2.24. The SMILES string of the molecule is CCc1cnccc1-c1noc(C2(C)CNC(=O)C2)n1. The molecule has 0 spiro atoms. The second-order valence-electron chi connectivity index (χ2n) is 5.32. The van der Waals surface area contributed by atoms with E-state index in [1.807, 2.05) is 19.2 Å². The fourth-order valence-electron chi connectivity index (χ4n) is 2.43. The van der Waals surface area contributed by atoms with E-state index in [0.29, 0.717) is 24.7 Å². The molecule has 6 nitrogen and oxygen atoms in total. The van der Waals surface area contributed by atoms with Crippen LogP contribution in [0, 0.1) is 0 Å². The number of nitrogens with one attached hydrogen (secondary N) is 1. The summed E-state index contributed by atoms with van der Waals surface area (Å²) < 4.78 is 5.38. The molecule has 1 fully saturated rings. The monoisotopic (exact) mass is 272 g/mol. The Morgan fingerprint density at radius 1 is 1.50 bits per heavy atom. The van der Waals surface area contributed by atoms with Gasteiger partial charge in [-0.1, -0.05) is 12.1 Å². The molecule has 1 N–H and O–H groups in total. The van der Waals surface area contributed by atoms with Crippen LogP contribution >= 0.6 is 0 Å². The molecule has 1 unspecified atom stereocenters. The van der Waals surface area contributed by atoms with Crippen molar-refractivity contribution < 1.29 is 9.32 Å². The van der Waals surface area contributed by atoms with Gasteiger partial charge in [-0.25, -0.2) is 0 Å². The minimum atomic E-state index is -0.415. The summed E-state index contributed by atoms with van der Waals surface area (Å²) >= 11 is 0. The maximum atomic E-state index is 11.4. The van der Waals surface area contributed by atoms with Gasteiger partial charge in [0.2, 0.25) is 17.6 Å². The maximum absolute atomic E-state index is 11.4. The number of pyridine rings is 1. The standard InChI is InChI=1S/C14H16N4O2/c1-3-9-7-15-5-4-10(9)12-17-13(20-18-12)14(2)6-11(19)16-8-14/h4-5,7H,3,6,8H2,1-2H3,(H,16,19). The highest BCUT2D eigenvalue weighted by Crippen LogP contribution is 2.31. The molecule has 20 heavy (non-hydrogen) atoms. The summed E-state index contributed by atoms with van der Waals surface area (Å²) in [4.78, 5) is 20.0. The molecule has 1 amide bonds. The van der Waals surface area contributed by atoms with Crippen LogP contribution in [0.5, 0.6) is 0 Å². The van der Waals surface area contributed by atoms with Gasteiger partial charge in [0.05, 0.1) is 5.41 Å². The van der Waals surface area contributed by atoms with Gasteiger partial charge in [-0.2, -0.15) is 4.98 Å². The highest BCUT2D eigenvalue weighted by atomic mass is 16.5.